The second-order valence-corrected chi connectivity index (χ2v) is 8.35. The minimum absolute atomic E-state index is 0. The van der Waals surface area contributed by atoms with E-state index in [0.29, 0.717) is 6.61 Å². The molecule has 3 nitrogen and oxygen atoms in total. The molecule has 2 aromatic rings. The summed E-state index contributed by atoms with van der Waals surface area (Å²) in [5.74, 6) is 1.61. The van der Waals surface area contributed by atoms with Crippen LogP contribution in [-0.4, -0.2) is 37.6 Å². The summed E-state index contributed by atoms with van der Waals surface area (Å²) in [6.45, 7) is 6.72. The molecule has 0 spiro atoms. The van der Waals surface area contributed by atoms with Crippen LogP contribution in [0.5, 0.6) is 0 Å². The van der Waals surface area contributed by atoms with Crippen LogP contribution < -0.4 is 0 Å². The maximum Gasteiger partial charge on any atom is 0 e. The molecule has 1 aliphatic carbocycles. The summed E-state index contributed by atoms with van der Waals surface area (Å²) < 4.78 is 5.43. The molecule has 25 heavy (non-hydrogen) atoms. The minimum atomic E-state index is -0.803. The predicted molar refractivity (Wildman–Crippen MR) is 101 cm³/mol. The van der Waals surface area contributed by atoms with Gasteiger partial charge in [0, 0.05) is 32.7 Å². The average Bonchev–Trinajstić information content (AvgIpc) is 2.86. The van der Waals surface area contributed by atoms with Crippen LogP contribution in [0.4, 0.5) is 4.79 Å². The van der Waals surface area contributed by atoms with E-state index < -0.39 is 21.6 Å². The van der Waals surface area contributed by atoms with Crippen molar-refractivity contribution >= 4 is 25.5 Å². The van der Waals surface area contributed by atoms with Crippen LogP contribution >= 0.6 is 0 Å². The molecule has 2 radical (unpaired) electrons. The number of fused-ring (bicyclic) bond motifs is 3. The normalized spacial score (nSPS) is 11.2. The SMILES string of the molecule is C[C-](C)C.O.[CH3][Sb][C](=O)OCC1c2ccccc2-c2ccccc21.[Y]. The minimum Gasteiger partial charge on any atom is 0 e. The predicted octanol–water partition coefficient (Wildman–Crippen LogP) is 4.48. The summed E-state index contributed by atoms with van der Waals surface area (Å²) in [5.41, 5.74) is 5.09. The Morgan fingerprint density at radius 3 is 1.80 bits per heavy atom. The molecule has 0 aromatic heterocycles. The van der Waals surface area contributed by atoms with Gasteiger partial charge in [0.25, 0.3) is 0 Å². The molecule has 0 bridgehead atoms. The largest absolute Gasteiger partial charge is 0 e. The Labute approximate surface area is 186 Å². The Morgan fingerprint density at radius 2 is 1.40 bits per heavy atom. The van der Waals surface area contributed by atoms with Crippen molar-refractivity contribution < 1.29 is 47.7 Å². The van der Waals surface area contributed by atoms with Crippen LogP contribution in [-0.2, 0) is 37.4 Å². The third-order valence-corrected chi connectivity index (χ3v) is 4.93. The Hall–Kier alpha value is -0.208. The van der Waals surface area contributed by atoms with Crippen molar-refractivity contribution in [3.63, 3.8) is 0 Å². The molecule has 2 aromatic carbocycles. The molecule has 0 aliphatic heterocycles. The molecular formula is C20H25O3SbY-. The third kappa shape index (κ3) is 6.79. The average molecular weight is 524 g/mol. The Kier molecular flexibility index (Phi) is 12.1. The Bertz CT molecular complexity index is 625. The number of carbonyl (C=O) groups excluding carboxylic acids is 1. The van der Waals surface area contributed by atoms with Gasteiger partial charge in [0.05, 0.1) is 0 Å². The van der Waals surface area contributed by atoms with Gasteiger partial charge in [-0.3, -0.25) is 0 Å². The van der Waals surface area contributed by atoms with Gasteiger partial charge in [-0.2, -0.15) is 20.8 Å². The number of rotatable bonds is 3. The summed E-state index contributed by atoms with van der Waals surface area (Å²) >= 11 is -0.803. The van der Waals surface area contributed by atoms with Crippen molar-refractivity contribution in [2.24, 2.45) is 0 Å². The van der Waals surface area contributed by atoms with E-state index in [9.17, 15) is 4.79 Å². The standard InChI is InChI=1S/C15H11O2.C4H9.CH3.H2O.Sb.Y/c16-10-17-9-15-13-7-3-1-5-11(13)12-6-2-4-8-14(12)15;1-4(2)3;;;;/h1-8,15H,9H2;1-3H3;1H3;1H2;;/q;-1;;;;. The first-order valence-electron chi connectivity index (χ1n) is 7.76. The van der Waals surface area contributed by atoms with Crippen LogP contribution in [0.25, 0.3) is 11.1 Å². The summed E-state index contributed by atoms with van der Waals surface area (Å²) in [7, 11) is 0. The monoisotopic (exact) mass is 523 g/mol. The molecule has 0 unspecified atom stereocenters. The van der Waals surface area contributed by atoms with Gasteiger partial charge in [0.1, 0.15) is 0 Å². The van der Waals surface area contributed by atoms with E-state index >= 15 is 0 Å². The van der Waals surface area contributed by atoms with E-state index in [0.717, 1.165) is 0 Å². The quantitative estimate of drug-likeness (QED) is 0.440. The molecule has 5 heteroatoms. The fourth-order valence-electron chi connectivity index (χ4n) is 2.66. The molecule has 3 rings (SSSR count). The molecule has 0 amide bonds. The van der Waals surface area contributed by atoms with E-state index in [1.807, 2.05) is 4.87 Å². The first kappa shape index (κ1) is 24.8. The Morgan fingerprint density at radius 1 is 1.00 bits per heavy atom. The van der Waals surface area contributed by atoms with Crippen LogP contribution in [0.1, 0.15) is 37.8 Å². The number of benzene rings is 2. The van der Waals surface area contributed by atoms with Crippen molar-refractivity contribution in [3.05, 3.63) is 65.6 Å². The summed E-state index contributed by atoms with van der Waals surface area (Å²) in [6.07, 6.45) is 0. The molecule has 0 heterocycles. The number of hydrogen-bond acceptors (Lipinski definition) is 2. The van der Waals surface area contributed by atoms with Crippen LogP contribution in [0.15, 0.2) is 48.5 Å². The fourth-order valence-corrected chi connectivity index (χ4v) is 3.24. The van der Waals surface area contributed by atoms with Gasteiger partial charge in [-0.15, -0.1) is 0 Å². The molecule has 132 valence electrons. The van der Waals surface area contributed by atoms with Crippen LogP contribution in [0, 0.1) is 5.92 Å². The molecular weight excluding hydrogens is 499 g/mol. The van der Waals surface area contributed by atoms with E-state index in [1.165, 1.54) is 28.2 Å². The van der Waals surface area contributed by atoms with Gasteiger partial charge in [0.2, 0.25) is 0 Å². The second kappa shape index (κ2) is 12.2. The van der Waals surface area contributed by atoms with Gasteiger partial charge in [-0.25, -0.2) is 0 Å². The van der Waals surface area contributed by atoms with Crippen LogP contribution in [0.2, 0.25) is 4.87 Å². The summed E-state index contributed by atoms with van der Waals surface area (Å²) in [4.78, 5) is 13.4. The van der Waals surface area contributed by atoms with Gasteiger partial charge < -0.3 is 11.4 Å². The van der Waals surface area contributed by atoms with Crippen molar-refractivity contribution in [1.82, 2.24) is 0 Å². The number of ether oxygens (including phenoxy) is 1. The zero-order valence-electron chi connectivity index (χ0n) is 15.2. The van der Waals surface area contributed by atoms with E-state index in [1.54, 1.807) is 0 Å². The maximum atomic E-state index is 11.4. The van der Waals surface area contributed by atoms with E-state index in [2.05, 4.69) is 69.3 Å². The zero-order valence-corrected chi connectivity index (χ0v) is 20.6. The molecule has 0 saturated carbocycles. The molecule has 0 atom stereocenters. The van der Waals surface area contributed by atoms with Gasteiger partial charge in [-0.05, 0) is 0 Å². The smallest absolute Gasteiger partial charge is 0 e. The van der Waals surface area contributed by atoms with Gasteiger partial charge in [-0.1, -0.05) is 0 Å². The zero-order chi connectivity index (χ0) is 16.8. The summed E-state index contributed by atoms with van der Waals surface area (Å²) in [6, 6.07) is 16.8. The van der Waals surface area contributed by atoms with E-state index in [-0.39, 0.29) is 48.0 Å². The van der Waals surface area contributed by atoms with Crippen LogP contribution in [0.3, 0.4) is 0 Å². The molecule has 1 aliphatic rings. The number of hydrogen-bond donors (Lipinski definition) is 0. The first-order chi connectivity index (χ1) is 11.0. The molecule has 2 N–H and O–H groups in total. The van der Waals surface area contributed by atoms with Crippen molar-refractivity contribution in [3.8, 4) is 11.1 Å². The second-order valence-electron chi connectivity index (χ2n) is 6.03. The maximum absolute atomic E-state index is 11.4. The molecule has 0 saturated heterocycles. The fraction of sp³-hybridized carbons (Fsp3) is 0.300. The first-order valence-corrected chi connectivity index (χ1v) is 11.6. The van der Waals surface area contributed by atoms with Gasteiger partial charge >= 0.3 is 123 Å². The van der Waals surface area contributed by atoms with Crippen molar-refractivity contribution in [2.45, 2.75) is 31.6 Å². The van der Waals surface area contributed by atoms with E-state index in [4.69, 9.17) is 4.74 Å². The van der Waals surface area contributed by atoms with Crippen molar-refractivity contribution in [2.75, 3.05) is 6.61 Å². The van der Waals surface area contributed by atoms with Crippen molar-refractivity contribution in [1.29, 1.82) is 0 Å². The Balaban J connectivity index is 0.000000874. The van der Waals surface area contributed by atoms with Gasteiger partial charge in [0.15, 0.2) is 0 Å². The third-order valence-electron chi connectivity index (χ3n) is 3.52. The summed E-state index contributed by atoms with van der Waals surface area (Å²) in [5, 5.41) is 0. The topological polar surface area (TPSA) is 57.8 Å². The number of carbonyl (C=O) groups is 1. The molecule has 0 fully saturated rings.